The van der Waals surface area contributed by atoms with Crippen molar-refractivity contribution in [3.8, 4) is 11.1 Å². The predicted molar refractivity (Wildman–Crippen MR) is 62.9 cm³/mol. The standard InChI is InChI=1S/C11H12N2OS/c1-7-3-4-8(10(5-7)15-2)9-6-13-14-11(9)12/h3-6H,12H2,1-2H3. The largest absolute Gasteiger partial charge is 0.367 e. The number of nitrogens with zero attached hydrogens (tertiary/aromatic N) is 1. The average molecular weight is 220 g/mol. The van der Waals surface area contributed by atoms with E-state index in [-0.39, 0.29) is 0 Å². The van der Waals surface area contributed by atoms with Gasteiger partial charge in [-0.1, -0.05) is 17.3 Å². The number of thioether (sulfide) groups is 1. The Balaban J connectivity index is 2.58. The maximum Gasteiger partial charge on any atom is 0.229 e. The zero-order chi connectivity index (χ0) is 10.8. The predicted octanol–water partition coefficient (Wildman–Crippen LogP) is 2.95. The summed E-state index contributed by atoms with van der Waals surface area (Å²) in [5.74, 6) is 0.370. The van der Waals surface area contributed by atoms with E-state index < -0.39 is 0 Å². The maximum atomic E-state index is 5.70. The fraction of sp³-hybridized carbons (Fsp3) is 0.182. The van der Waals surface area contributed by atoms with E-state index in [1.807, 2.05) is 12.3 Å². The lowest BCUT2D eigenvalue weighted by Crippen LogP contribution is -1.87. The van der Waals surface area contributed by atoms with Gasteiger partial charge in [0, 0.05) is 10.5 Å². The molecule has 0 saturated heterocycles. The highest BCUT2D eigenvalue weighted by Gasteiger charge is 2.10. The summed E-state index contributed by atoms with van der Waals surface area (Å²) in [6.45, 7) is 2.07. The maximum absolute atomic E-state index is 5.70. The number of hydrogen-bond acceptors (Lipinski definition) is 4. The Morgan fingerprint density at radius 1 is 1.33 bits per heavy atom. The lowest BCUT2D eigenvalue weighted by molar-refractivity contribution is 0.436. The number of rotatable bonds is 2. The third kappa shape index (κ3) is 1.85. The van der Waals surface area contributed by atoms with Crippen molar-refractivity contribution >= 4 is 17.6 Å². The molecule has 78 valence electrons. The molecule has 0 fully saturated rings. The molecule has 1 aromatic carbocycles. The fourth-order valence-electron chi connectivity index (χ4n) is 1.47. The van der Waals surface area contributed by atoms with Gasteiger partial charge in [0.05, 0.1) is 11.8 Å². The van der Waals surface area contributed by atoms with Crippen LogP contribution in [0.5, 0.6) is 0 Å². The minimum atomic E-state index is 0.370. The van der Waals surface area contributed by atoms with Crippen LogP contribution in [-0.4, -0.2) is 11.4 Å². The van der Waals surface area contributed by atoms with Crippen LogP contribution >= 0.6 is 11.8 Å². The Hall–Kier alpha value is -1.42. The second-order valence-corrected chi connectivity index (χ2v) is 4.16. The summed E-state index contributed by atoms with van der Waals surface area (Å²) in [7, 11) is 0. The van der Waals surface area contributed by atoms with Crippen LogP contribution in [0.4, 0.5) is 5.88 Å². The Bertz CT molecular complexity index is 479. The number of aryl methyl sites for hydroxylation is 1. The third-order valence-corrected chi connectivity index (χ3v) is 3.02. The molecule has 0 aliphatic rings. The molecule has 0 atom stereocenters. The minimum Gasteiger partial charge on any atom is -0.367 e. The molecule has 2 N–H and O–H groups in total. The van der Waals surface area contributed by atoms with E-state index in [4.69, 9.17) is 10.3 Å². The fourth-order valence-corrected chi connectivity index (χ4v) is 2.17. The number of nitrogen functional groups attached to an aromatic ring is 1. The molecule has 1 heterocycles. The molecule has 0 radical (unpaired) electrons. The van der Waals surface area contributed by atoms with Crippen LogP contribution in [0.25, 0.3) is 11.1 Å². The zero-order valence-corrected chi connectivity index (χ0v) is 9.47. The molecule has 0 saturated carbocycles. The molecular weight excluding hydrogens is 208 g/mol. The molecule has 3 nitrogen and oxygen atoms in total. The normalized spacial score (nSPS) is 10.5. The second-order valence-electron chi connectivity index (χ2n) is 3.31. The van der Waals surface area contributed by atoms with Crippen molar-refractivity contribution in [2.75, 3.05) is 12.0 Å². The Kier molecular flexibility index (Phi) is 2.68. The molecule has 15 heavy (non-hydrogen) atoms. The van der Waals surface area contributed by atoms with Crippen LogP contribution in [-0.2, 0) is 0 Å². The van der Waals surface area contributed by atoms with Gasteiger partial charge in [-0.2, -0.15) is 0 Å². The topological polar surface area (TPSA) is 52.0 Å². The van der Waals surface area contributed by atoms with Gasteiger partial charge in [0.2, 0.25) is 5.88 Å². The Morgan fingerprint density at radius 2 is 2.13 bits per heavy atom. The number of nitrogens with two attached hydrogens (primary N) is 1. The summed E-state index contributed by atoms with van der Waals surface area (Å²) in [6, 6.07) is 6.23. The van der Waals surface area contributed by atoms with Crippen LogP contribution in [0.1, 0.15) is 5.56 Å². The van der Waals surface area contributed by atoms with Crippen molar-refractivity contribution in [2.45, 2.75) is 11.8 Å². The highest BCUT2D eigenvalue weighted by Crippen LogP contribution is 2.33. The van der Waals surface area contributed by atoms with E-state index in [0.717, 1.165) is 11.1 Å². The smallest absolute Gasteiger partial charge is 0.229 e. The van der Waals surface area contributed by atoms with Gasteiger partial charge in [0.25, 0.3) is 0 Å². The molecule has 0 aliphatic heterocycles. The average Bonchev–Trinajstić information content (AvgIpc) is 2.64. The highest BCUT2D eigenvalue weighted by atomic mass is 32.2. The van der Waals surface area contributed by atoms with Crippen molar-refractivity contribution in [3.63, 3.8) is 0 Å². The van der Waals surface area contributed by atoms with Gasteiger partial charge in [-0.3, -0.25) is 0 Å². The lowest BCUT2D eigenvalue weighted by Gasteiger charge is -2.06. The van der Waals surface area contributed by atoms with Crippen LogP contribution < -0.4 is 5.73 Å². The number of hydrogen-bond donors (Lipinski definition) is 1. The molecule has 2 rings (SSSR count). The zero-order valence-electron chi connectivity index (χ0n) is 8.65. The third-order valence-electron chi connectivity index (χ3n) is 2.25. The van der Waals surface area contributed by atoms with Gasteiger partial charge >= 0.3 is 0 Å². The molecule has 1 aromatic heterocycles. The Morgan fingerprint density at radius 3 is 2.73 bits per heavy atom. The minimum absolute atomic E-state index is 0.370. The summed E-state index contributed by atoms with van der Waals surface area (Å²) in [5, 5.41) is 3.69. The van der Waals surface area contributed by atoms with Crippen LogP contribution in [0, 0.1) is 6.92 Å². The molecule has 0 unspecified atom stereocenters. The number of anilines is 1. The molecule has 4 heteroatoms. The first-order valence-corrected chi connectivity index (χ1v) is 5.80. The van der Waals surface area contributed by atoms with Crippen molar-refractivity contribution in [1.29, 1.82) is 0 Å². The van der Waals surface area contributed by atoms with E-state index in [1.54, 1.807) is 18.0 Å². The number of benzene rings is 1. The summed E-state index contributed by atoms with van der Waals surface area (Å²) in [4.78, 5) is 1.19. The van der Waals surface area contributed by atoms with Crippen LogP contribution in [0.15, 0.2) is 33.8 Å². The van der Waals surface area contributed by atoms with E-state index in [2.05, 4.69) is 24.2 Å². The monoisotopic (exact) mass is 220 g/mol. The van der Waals surface area contributed by atoms with E-state index >= 15 is 0 Å². The van der Waals surface area contributed by atoms with Crippen LogP contribution in [0.2, 0.25) is 0 Å². The molecule has 0 amide bonds. The molecular formula is C11H12N2OS. The number of aromatic nitrogens is 1. The summed E-state index contributed by atoms with van der Waals surface area (Å²) < 4.78 is 4.87. The first-order valence-electron chi connectivity index (χ1n) is 4.57. The Labute approximate surface area is 92.6 Å². The van der Waals surface area contributed by atoms with Crippen molar-refractivity contribution in [1.82, 2.24) is 5.16 Å². The first kappa shape index (κ1) is 10.1. The summed E-state index contributed by atoms with van der Waals surface area (Å²) in [5.41, 5.74) is 8.87. The molecule has 2 aromatic rings. The summed E-state index contributed by atoms with van der Waals surface area (Å²) >= 11 is 1.69. The SMILES string of the molecule is CSc1cc(C)ccc1-c1cnoc1N. The van der Waals surface area contributed by atoms with Gasteiger partial charge in [-0.25, -0.2) is 0 Å². The lowest BCUT2D eigenvalue weighted by atomic mass is 10.1. The van der Waals surface area contributed by atoms with Gasteiger partial charge in [-0.05, 0) is 24.8 Å². The van der Waals surface area contributed by atoms with Gasteiger partial charge < -0.3 is 10.3 Å². The van der Waals surface area contributed by atoms with Crippen LogP contribution in [0.3, 0.4) is 0 Å². The molecule has 0 aliphatic carbocycles. The van der Waals surface area contributed by atoms with Gasteiger partial charge in [-0.15, -0.1) is 11.8 Å². The highest BCUT2D eigenvalue weighted by molar-refractivity contribution is 7.98. The van der Waals surface area contributed by atoms with E-state index in [1.165, 1.54) is 10.5 Å². The van der Waals surface area contributed by atoms with Crippen molar-refractivity contribution in [2.24, 2.45) is 0 Å². The van der Waals surface area contributed by atoms with E-state index in [0.29, 0.717) is 5.88 Å². The quantitative estimate of drug-likeness (QED) is 0.790. The second kappa shape index (κ2) is 3.98. The van der Waals surface area contributed by atoms with Crippen molar-refractivity contribution < 1.29 is 4.52 Å². The van der Waals surface area contributed by atoms with Gasteiger partial charge in [0.1, 0.15) is 0 Å². The molecule has 0 spiro atoms. The van der Waals surface area contributed by atoms with Gasteiger partial charge in [0.15, 0.2) is 0 Å². The first-order chi connectivity index (χ1) is 7.22. The molecule has 0 bridgehead atoms. The van der Waals surface area contributed by atoms with Crippen molar-refractivity contribution in [3.05, 3.63) is 30.0 Å². The summed E-state index contributed by atoms with van der Waals surface area (Å²) in [6.07, 6.45) is 3.70. The van der Waals surface area contributed by atoms with E-state index in [9.17, 15) is 0 Å².